The fraction of sp³-hybridized carbons (Fsp3) is 0.409. The van der Waals surface area contributed by atoms with Gasteiger partial charge in [0, 0.05) is 36.5 Å². The van der Waals surface area contributed by atoms with Crippen molar-refractivity contribution < 1.29 is 18.3 Å². The number of hydrazine groups is 1. The summed E-state index contributed by atoms with van der Waals surface area (Å²) in [7, 11) is 0. The number of nitrogens with two attached hydrogens (primary N) is 2. The molecule has 1 aromatic carbocycles. The van der Waals surface area contributed by atoms with Crippen LogP contribution in [-0.4, -0.2) is 41.8 Å². The van der Waals surface area contributed by atoms with Crippen LogP contribution < -0.4 is 31.5 Å². The number of nitrogens with zero attached hydrogens (tertiary/aromatic N) is 4. The highest BCUT2D eigenvalue weighted by atomic mass is 19.3. The van der Waals surface area contributed by atoms with E-state index in [0.29, 0.717) is 36.0 Å². The molecular formula is C22H29F2N7O2. The minimum absolute atomic E-state index is 0.00458. The summed E-state index contributed by atoms with van der Waals surface area (Å²) in [5, 5.41) is 12.4. The fourth-order valence-corrected chi connectivity index (χ4v) is 3.24. The molecule has 0 atom stereocenters. The zero-order valence-electron chi connectivity index (χ0n) is 18.8. The first-order valence-electron chi connectivity index (χ1n) is 10.6. The van der Waals surface area contributed by atoms with Crippen molar-refractivity contribution >= 4 is 17.4 Å². The lowest BCUT2D eigenvalue weighted by Crippen LogP contribution is -2.55. The number of halogens is 2. The molecule has 1 aromatic heterocycles. The molecule has 0 aliphatic carbocycles. The summed E-state index contributed by atoms with van der Waals surface area (Å²) >= 11 is 0. The second-order valence-corrected chi connectivity index (χ2v) is 8.18. The molecule has 2 aromatic rings. The third-order valence-corrected chi connectivity index (χ3v) is 5.16. The maximum Gasteiger partial charge on any atom is 0.263 e. The highest BCUT2D eigenvalue weighted by Crippen LogP contribution is 2.25. The number of benzene rings is 1. The van der Waals surface area contributed by atoms with Crippen LogP contribution in [0.25, 0.3) is 0 Å². The minimum Gasteiger partial charge on any atom is -0.470 e. The quantitative estimate of drug-likeness (QED) is 0.384. The SMILES string of the molecule is C/C(N)=C(\COc1ccc(N2CC(C(=O)NC(C)C)C2)nn1)N(N)c1ccc(C(F)F)cc1. The largest absolute Gasteiger partial charge is 0.470 e. The first-order chi connectivity index (χ1) is 15.7. The van der Waals surface area contributed by atoms with Crippen LogP contribution in [0.1, 0.15) is 32.8 Å². The number of aromatic nitrogens is 2. The molecule has 3 rings (SSSR count). The smallest absolute Gasteiger partial charge is 0.263 e. The molecule has 0 unspecified atom stereocenters. The highest BCUT2D eigenvalue weighted by Gasteiger charge is 2.33. The molecule has 0 bridgehead atoms. The minimum atomic E-state index is -2.55. The lowest BCUT2D eigenvalue weighted by atomic mass is 9.99. The van der Waals surface area contributed by atoms with E-state index in [1.807, 2.05) is 18.7 Å². The van der Waals surface area contributed by atoms with Crippen LogP contribution in [0.2, 0.25) is 0 Å². The molecule has 2 heterocycles. The van der Waals surface area contributed by atoms with E-state index in [-0.39, 0.29) is 35.9 Å². The Kier molecular flexibility index (Phi) is 7.64. The van der Waals surface area contributed by atoms with E-state index < -0.39 is 6.43 Å². The molecule has 1 aliphatic rings. The van der Waals surface area contributed by atoms with Gasteiger partial charge in [0.25, 0.3) is 6.43 Å². The Bertz CT molecular complexity index is 971. The number of carbonyl (C=O) groups is 1. The molecule has 0 spiro atoms. The Morgan fingerprint density at radius 1 is 1.21 bits per heavy atom. The van der Waals surface area contributed by atoms with E-state index >= 15 is 0 Å². The van der Waals surface area contributed by atoms with Crippen molar-refractivity contribution in [3.8, 4) is 5.88 Å². The molecule has 1 amide bonds. The number of ether oxygens (including phenoxy) is 1. The number of allylic oxidation sites excluding steroid dienone is 1. The van der Waals surface area contributed by atoms with E-state index in [0.717, 1.165) is 0 Å². The first-order valence-corrected chi connectivity index (χ1v) is 10.6. The van der Waals surface area contributed by atoms with Gasteiger partial charge in [-0.3, -0.25) is 9.80 Å². The van der Waals surface area contributed by atoms with Crippen molar-refractivity contribution in [3.05, 3.63) is 53.4 Å². The summed E-state index contributed by atoms with van der Waals surface area (Å²) in [4.78, 5) is 14.0. The lowest BCUT2D eigenvalue weighted by molar-refractivity contribution is -0.126. The topological polar surface area (TPSA) is 123 Å². The van der Waals surface area contributed by atoms with Gasteiger partial charge in [-0.1, -0.05) is 12.1 Å². The molecule has 178 valence electrons. The second kappa shape index (κ2) is 10.4. The molecule has 33 heavy (non-hydrogen) atoms. The number of alkyl halides is 2. The maximum atomic E-state index is 12.8. The first kappa shape index (κ1) is 24.2. The van der Waals surface area contributed by atoms with Crippen molar-refractivity contribution in [1.82, 2.24) is 15.5 Å². The van der Waals surface area contributed by atoms with Crippen LogP contribution in [0.15, 0.2) is 47.8 Å². The number of amides is 1. The summed E-state index contributed by atoms with van der Waals surface area (Å²) < 4.78 is 31.2. The molecule has 1 fully saturated rings. The number of hydrogen-bond donors (Lipinski definition) is 3. The maximum absolute atomic E-state index is 12.8. The Morgan fingerprint density at radius 2 is 1.88 bits per heavy atom. The summed E-state index contributed by atoms with van der Waals surface area (Å²) in [5.74, 6) is 7.05. The standard InChI is InChI=1S/C22H29F2N7O2/c1-13(2)27-22(32)16-10-30(11-16)19-8-9-20(29-28-19)33-12-18(14(3)25)31(26)17-6-4-15(5-7-17)21(23)24/h4-9,13,16,21H,10-12,25-26H2,1-3H3,(H,27,32)/b18-14-. The zero-order chi connectivity index (χ0) is 24.1. The molecule has 11 heteroatoms. The van der Waals surface area contributed by atoms with Gasteiger partial charge in [0.1, 0.15) is 6.61 Å². The van der Waals surface area contributed by atoms with Crippen LogP contribution in [-0.2, 0) is 4.79 Å². The van der Waals surface area contributed by atoms with E-state index in [2.05, 4.69) is 15.5 Å². The number of anilines is 2. The summed E-state index contributed by atoms with van der Waals surface area (Å²) in [6.07, 6.45) is -2.55. The number of nitrogens with one attached hydrogen (secondary N) is 1. The van der Waals surface area contributed by atoms with Crippen LogP contribution in [0, 0.1) is 5.92 Å². The monoisotopic (exact) mass is 461 g/mol. The molecule has 9 nitrogen and oxygen atoms in total. The van der Waals surface area contributed by atoms with Gasteiger partial charge in [-0.05, 0) is 39.0 Å². The fourth-order valence-electron chi connectivity index (χ4n) is 3.24. The summed E-state index contributed by atoms with van der Waals surface area (Å²) in [6.45, 7) is 6.69. The highest BCUT2D eigenvalue weighted by molar-refractivity contribution is 5.81. The lowest BCUT2D eigenvalue weighted by Gasteiger charge is -2.39. The van der Waals surface area contributed by atoms with Crippen molar-refractivity contribution in [2.45, 2.75) is 33.2 Å². The van der Waals surface area contributed by atoms with Crippen molar-refractivity contribution in [3.63, 3.8) is 0 Å². The summed E-state index contributed by atoms with van der Waals surface area (Å²) in [5.41, 5.74) is 7.21. The van der Waals surface area contributed by atoms with E-state index in [1.54, 1.807) is 19.1 Å². The Morgan fingerprint density at radius 3 is 2.39 bits per heavy atom. The molecule has 0 saturated carbocycles. The van der Waals surface area contributed by atoms with E-state index in [1.165, 1.54) is 29.3 Å². The summed E-state index contributed by atoms with van der Waals surface area (Å²) in [6, 6.07) is 9.14. The number of hydrogen-bond acceptors (Lipinski definition) is 8. The van der Waals surface area contributed by atoms with Crippen LogP contribution in [0.5, 0.6) is 5.88 Å². The number of rotatable bonds is 9. The molecule has 5 N–H and O–H groups in total. The Balaban J connectivity index is 1.56. The van der Waals surface area contributed by atoms with Crippen molar-refractivity contribution in [2.24, 2.45) is 17.5 Å². The van der Waals surface area contributed by atoms with Gasteiger partial charge in [0.05, 0.1) is 17.3 Å². The van der Waals surface area contributed by atoms with Crippen LogP contribution >= 0.6 is 0 Å². The molecule has 1 saturated heterocycles. The predicted octanol–water partition coefficient (Wildman–Crippen LogP) is 2.32. The van der Waals surface area contributed by atoms with Crippen LogP contribution in [0.3, 0.4) is 0 Å². The van der Waals surface area contributed by atoms with Gasteiger partial charge < -0.3 is 20.7 Å². The third-order valence-electron chi connectivity index (χ3n) is 5.16. The zero-order valence-corrected chi connectivity index (χ0v) is 18.8. The van der Waals surface area contributed by atoms with Gasteiger partial charge in [0.2, 0.25) is 11.8 Å². The molecule has 0 radical (unpaired) electrons. The van der Waals surface area contributed by atoms with Gasteiger partial charge in [-0.25, -0.2) is 14.6 Å². The van der Waals surface area contributed by atoms with Gasteiger partial charge in [0.15, 0.2) is 5.82 Å². The average Bonchev–Trinajstić information content (AvgIpc) is 2.73. The molecular weight excluding hydrogens is 432 g/mol. The Hall–Kier alpha value is -3.47. The number of carbonyl (C=O) groups excluding carboxylic acids is 1. The van der Waals surface area contributed by atoms with Gasteiger partial charge >= 0.3 is 0 Å². The average molecular weight is 462 g/mol. The van der Waals surface area contributed by atoms with Gasteiger partial charge in [-0.15, -0.1) is 10.2 Å². The normalized spacial score (nSPS) is 14.7. The van der Waals surface area contributed by atoms with E-state index in [9.17, 15) is 13.6 Å². The third kappa shape index (κ3) is 6.07. The van der Waals surface area contributed by atoms with Gasteiger partial charge in [-0.2, -0.15) is 0 Å². The van der Waals surface area contributed by atoms with E-state index in [4.69, 9.17) is 16.3 Å². The predicted molar refractivity (Wildman–Crippen MR) is 121 cm³/mol. The van der Waals surface area contributed by atoms with Crippen molar-refractivity contribution in [2.75, 3.05) is 29.6 Å². The Labute approximate surface area is 191 Å². The second-order valence-electron chi connectivity index (χ2n) is 8.18. The van der Waals surface area contributed by atoms with Crippen molar-refractivity contribution in [1.29, 1.82) is 0 Å². The van der Waals surface area contributed by atoms with Crippen LogP contribution in [0.4, 0.5) is 20.3 Å². The molecule has 1 aliphatic heterocycles.